The van der Waals surface area contributed by atoms with Crippen LogP contribution in [-0.2, 0) is 11.3 Å². The number of anilines is 1. The van der Waals surface area contributed by atoms with E-state index in [0.717, 1.165) is 37.6 Å². The van der Waals surface area contributed by atoms with E-state index in [0.29, 0.717) is 6.04 Å². The van der Waals surface area contributed by atoms with Gasteiger partial charge in [0.1, 0.15) is 5.82 Å². The third-order valence-corrected chi connectivity index (χ3v) is 4.02. The molecule has 1 aliphatic heterocycles. The van der Waals surface area contributed by atoms with Gasteiger partial charge in [-0.3, -0.25) is 0 Å². The Morgan fingerprint density at radius 1 is 1.45 bits per heavy atom. The van der Waals surface area contributed by atoms with Crippen LogP contribution in [0.15, 0.2) is 6.07 Å². The van der Waals surface area contributed by atoms with E-state index in [1.54, 1.807) is 0 Å². The highest BCUT2D eigenvalue weighted by Crippen LogP contribution is 2.28. The standard InChI is InChI=1S/C16H27N3O/c1-6-14-10-20-13(4)9-19(14)16-15(8-17-5)11(2)7-12(3)18-16/h7,13-14,17H,6,8-10H2,1-5H3. The summed E-state index contributed by atoms with van der Waals surface area (Å²) < 4.78 is 5.81. The van der Waals surface area contributed by atoms with Crippen LogP contribution in [0.2, 0.25) is 0 Å². The number of rotatable bonds is 4. The van der Waals surface area contributed by atoms with Crippen LogP contribution in [0.3, 0.4) is 0 Å². The van der Waals surface area contributed by atoms with E-state index in [1.165, 1.54) is 11.1 Å². The third kappa shape index (κ3) is 3.13. The summed E-state index contributed by atoms with van der Waals surface area (Å²) in [6.07, 6.45) is 1.35. The summed E-state index contributed by atoms with van der Waals surface area (Å²) in [6, 6.07) is 2.59. The Kier molecular flexibility index (Phi) is 5.00. The van der Waals surface area contributed by atoms with Crippen molar-refractivity contribution in [3.63, 3.8) is 0 Å². The van der Waals surface area contributed by atoms with Crippen molar-refractivity contribution in [1.82, 2.24) is 10.3 Å². The topological polar surface area (TPSA) is 37.4 Å². The second-order valence-electron chi connectivity index (χ2n) is 5.77. The molecule has 1 fully saturated rings. The summed E-state index contributed by atoms with van der Waals surface area (Å²) in [4.78, 5) is 7.28. The lowest BCUT2D eigenvalue weighted by Crippen LogP contribution is -2.49. The molecule has 1 aromatic heterocycles. The zero-order valence-corrected chi connectivity index (χ0v) is 13.4. The summed E-state index contributed by atoms with van der Waals surface area (Å²) >= 11 is 0. The van der Waals surface area contributed by atoms with Gasteiger partial charge in [0.2, 0.25) is 0 Å². The van der Waals surface area contributed by atoms with Crippen molar-refractivity contribution in [2.45, 2.75) is 52.8 Å². The summed E-state index contributed by atoms with van der Waals surface area (Å²) in [5.41, 5.74) is 3.72. The molecule has 1 aliphatic rings. The SMILES string of the molecule is CCC1COC(C)CN1c1nc(C)cc(C)c1CNC. The van der Waals surface area contributed by atoms with Crippen LogP contribution in [0.25, 0.3) is 0 Å². The molecule has 0 spiro atoms. The first-order chi connectivity index (χ1) is 9.56. The van der Waals surface area contributed by atoms with Crippen molar-refractivity contribution in [3.05, 3.63) is 22.9 Å². The van der Waals surface area contributed by atoms with Crippen molar-refractivity contribution in [3.8, 4) is 0 Å². The summed E-state index contributed by atoms with van der Waals surface area (Å²) in [7, 11) is 1.99. The molecule has 2 heterocycles. The summed E-state index contributed by atoms with van der Waals surface area (Å²) in [6.45, 7) is 11.2. The Bertz CT molecular complexity index is 461. The van der Waals surface area contributed by atoms with Crippen LogP contribution in [0, 0.1) is 13.8 Å². The molecule has 20 heavy (non-hydrogen) atoms. The molecule has 2 atom stereocenters. The minimum absolute atomic E-state index is 0.267. The zero-order chi connectivity index (χ0) is 14.7. The molecule has 0 bridgehead atoms. The van der Waals surface area contributed by atoms with Crippen LogP contribution < -0.4 is 10.2 Å². The molecule has 4 nitrogen and oxygen atoms in total. The summed E-state index contributed by atoms with van der Waals surface area (Å²) in [5.74, 6) is 1.14. The van der Waals surface area contributed by atoms with Gasteiger partial charge in [0.15, 0.2) is 0 Å². The highest BCUT2D eigenvalue weighted by atomic mass is 16.5. The fourth-order valence-corrected chi connectivity index (χ4v) is 2.92. The molecule has 0 saturated carbocycles. The molecule has 1 aromatic rings. The molecule has 0 aromatic carbocycles. The van der Waals surface area contributed by atoms with Crippen molar-refractivity contribution >= 4 is 5.82 Å². The molecule has 2 unspecified atom stereocenters. The first kappa shape index (κ1) is 15.3. The molecular formula is C16H27N3O. The lowest BCUT2D eigenvalue weighted by atomic mass is 10.1. The number of nitrogens with zero attached hydrogens (tertiary/aromatic N) is 2. The second-order valence-corrected chi connectivity index (χ2v) is 5.77. The van der Waals surface area contributed by atoms with Crippen LogP contribution in [0.1, 0.15) is 37.1 Å². The Morgan fingerprint density at radius 3 is 2.85 bits per heavy atom. The van der Waals surface area contributed by atoms with E-state index in [9.17, 15) is 0 Å². The molecule has 112 valence electrons. The van der Waals surface area contributed by atoms with E-state index in [2.05, 4.69) is 44.0 Å². The zero-order valence-electron chi connectivity index (χ0n) is 13.4. The van der Waals surface area contributed by atoms with Gasteiger partial charge >= 0.3 is 0 Å². The molecule has 0 radical (unpaired) electrons. The molecular weight excluding hydrogens is 250 g/mol. The fraction of sp³-hybridized carbons (Fsp3) is 0.688. The maximum atomic E-state index is 5.81. The lowest BCUT2D eigenvalue weighted by Gasteiger charge is -2.40. The lowest BCUT2D eigenvalue weighted by molar-refractivity contribution is 0.0295. The van der Waals surface area contributed by atoms with E-state index in [-0.39, 0.29) is 6.10 Å². The molecule has 0 aliphatic carbocycles. The maximum absolute atomic E-state index is 5.81. The number of hydrogen-bond acceptors (Lipinski definition) is 4. The number of nitrogens with one attached hydrogen (secondary N) is 1. The highest BCUT2D eigenvalue weighted by Gasteiger charge is 2.28. The van der Waals surface area contributed by atoms with Gasteiger partial charge in [-0.1, -0.05) is 6.92 Å². The van der Waals surface area contributed by atoms with E-state index >= 15 is 0 Å². The first-order valence-corrected chi connectivity index (χ1v) is 7.56. The molecule has 4 heteroatoms. The third-order valence-electron chi connectivity index (χ3n) is 4.02. The number of ether oxygens (including phenoxy) is 1. The minimum atomic E-state index is 0.267. The largest absolute Gasteiger partial charge is 0.375 e. The Morgan fingerprint density at radius 2 is 2.20 bits per heavy atom. The minimum Gasteiger partial charge on any atom is -0.375 e. The van der Waals surface area contributed by atoms with Gasteiger partial charge in [0.05, 0.1) is 18.8 Å². The molecule has 0 amide bonds. The maximum Gasteiger partial charge on any atom is 0.134 e. The van der Waals surface area contributed by atoms with Gasteiger partial charge < -0.3 is 15.0 Å². The Hall–Kier alpha value is -1.13. The van der Waals surface area contributed by atoms with Crippen LogP contribution in [-0.4, -0.2) is 37.3 Å². The Labute approximate surface area is 122 Å². The highest BCUT2D eigenvalue weighted by molar-refractivity contribution is 5.53. The van der Waals surface area contributed by atoms with Gasteiger partial charge in [0.25, 0.3) is 0 Å². The van der Waals surface area contributed by atoms with Crippen molar-refractivity contribution in [2.24, 2.45) is 0 Å². The smallest absolute Gasteiger partial charge is 0.134 e. The number of aryl methyl sites for hydroxylation is 2. The predicted molar refractivity (Wildman–Crippen MR) is 83.3 cm³/mol. The van der Waals surface area contributed by atoms with Crippen LogP contribution >= 0.6 is 0 Å². The predicted octanol–water partition coefficient (Wildman–Crippen LogP) is 2.42. The van der Waals surface area contributed by atoms with Crippen LogP contribution in [0.5, 0.6) is 0 Å². The van der Waals surface area contributed by atoms with E-state index < -0.39 is 0 Å². The second kappa shape index (κ2) is 6.55. The van der Waals surface area contributed by atoms with E-state index in [4.69, 9.17) is 9.72 Å². The van der Waals surface area contributed by atoms with Gasteiger partial charge in [-0.15, -0.1) is 0 Å². The number of aromatic nitrogens is 1. The number of pyridine rings is 1. The van der Waals surface area contributed by atoms with Gasteiger partial charge in [-0.2, -0.15) is 0 Å². The average molecular weight is 277 g/mol. The van der Waals surface area contributed by atoms with Gasteiger partial charge in [0, 0.05) is 24.3 Å². The van der Waals surface area contributed by atoms with E-state index in [1.807, 2.05) is 7.05 Å². The molecule has 1 saturated heterocycles. The fourth-order valence-electron chi connectivity index (χ4n) is 2.92. The number of hydrogen-bond donors (Lipinski definition) is 1. The van der Waals surface area contributed by atoms with Gasteiger partial charge in [-0.25, -0.2) is 4.98 Å². The molecule has 2 rings (SSSR count). The Balaban J connectivity index is 2.42. The van der Waals surface area contributed by atoms with Crippen molar-refractivity contribution in [1.29, 1.82) is 0 Å². The average Bonchev–Trinajstić information content (AvgIpc) is 2.41. The number of morpholine rings is 1. The van der Waals surface area contributed by atoms with Crippen molar-refractivity contribution in [2.75, 3.05) is 25.1 Å². The molecule has 1 N–H and O–H groups in total. The van der Waals surface area contributed by atoms with Crippen molar-refractivity contribution < 1.29 is 4.74 Å². The normalized spacial score (nSPS) is 23.1. The van der Waals surface area contributed by atoms with Gasteiger partial charge in [-0.05, 0) is 45.9 Å². The monoisotopic (exact) mass is 277 g/mol. The first-order valence-electron chi connectivity index (χ1n) is 7.56. The summed E-state index contributed by atoms with van der Waals surface area (Å²) in [5, 5.41) is 3.27. The quantitative estimate of drug-likeness (QED) is 0.917. The van der Waals surface area contributed by atoms with Crippen LogP contribution in [0.4, 0.5) is 5.82 Å².